The molecule has 5 nitrogen and oxygen atoms in total. The number of likely N-dealkylation sites (tertiary alicyclic amines) is 1. The normalized spacial score (nSPS) is 27.9. The summed E-state index contributed by atoms with van der Waals surface area (Å²) in [6.45, 7) is 5.08. The van der Waals surface area contributed by atoms with Crippen LogP contribution in [-0.4, -0.2) is 71.4 Å². The van der Waals surface area contributed by atoms with Crippen LogP contribution in [0.2, 0.25) is 0 Å². The van der Waals surface area contributed by atoms with E-state index in [1.807, 2.05) is 37.7 Å². The summed E-state index contributed by atoms with van der Waals surface area (Å²) in [6.07, 6.45) is 0.259. The predicted molar refractivity (Wildman–Crippen MR) is 65.9 cm³/mol. The second-order valence-corrected chi connectivity index (χ2v) is 5.53. The summed E-state index contributed by atoms with van der Waals surface area (Å²) in [6, 6.07) is -0.374. The molecular weight excluding hydrogens is 220 g/mol. The molecule has 1 fully saturated rings. The molecule has 17 heavy (non-hydrogen) atoms. The first-order chi connectivity index (χ1) is 7.82. The maximum Gasteiger partial charge on any atom is 0.321 e. The number of aliphatic hydroxyl groups excluding tert-OH is 1. The quantitative estimate of drug-likeness (QED) is 0.718. The fourth-order valence-corrected chi connectivity index (χ4v) is 2.67. The summed E-state index contributed by atoms with van der Waals surface area (Å²) in [5.41, 5.74) is 0. The number of hydrogen-bond donors (Lipinski definition) is 2. The van der Waals surface area contributed by atoms with Crippen molar-refractivity contribution in [3.63, 3.8) is 0 Å². The van der Waals surface area contributed by atoms with Gasteiger partial charge in [0.25, 0.3) is 0 Å². The Kier molecular flexibility index (Phi) is 4.91. The van der Waals surface area contributed by atoms with Crippen LogP contribution in [0.1, 0.15) is 20.3 Å². The maximum absolute atomic E-state index is 11.3. The summed E-state index contributed by atoms with van der Waals surface area (Å²) in [7, 11) is 3.93. The second-order valence-electron chi connectivity index (χ2n) is 5.53. The van der Waals surface area contributed by atoms with Gasteiger partial charge in [-0.05, 0) is 26.4 Å². The molecule has 0 spiro atoms. The van der Waals surface area contributed by atoms with E-state index in [4.69, 9.17) is 0 Å². The van der Waals surface area contributed by atoms with Crippen molar-refractivity contribution in [2.45, 2.75) is 38.5 Å². The van der Waals surface area contributed by atoms with Crippen molar-refractivity contribution in [3.8, 4) is 0 Å². The first kappa shape index (κ1) is 14.4. The van der Waals surface area contributed by atoms with Gasteiger partial charge < -0.3 is 15.1 Å². The number of carboxylic acids is 1. The number of likely N-dealkylation sites (N-methyl/N-ethyl adjacent to an activating group) is 1. The van der Waals surface area contributed by atoms with Crippen molar-refractivity contribution in [3.05, 3.63) is 0 Å². The summed E-state index contributed by atoms with van der Waals surface area (Å²) in [4.78, 5) is 15.3. The molecule has 3 unspecified atom stereocenters. The highest BCUT2D eigenvalue weighted by Crippen LogP contribution is 2.24. The predicted octanol–water partition coefficient (Wildman–Crippen LogP) is 0.0924. The third-order valence-electron chi connectivity index (χ3n) is 3.25. The van der Waals surface area contributed by atoms with Crippen molar-refractivity contribution in [2.75, 3.05) is 27.2 Å². The number of aliphatic hydroxyl groups is 1. The van der Waals surface area contributed by atoms with Gasteiger partial charge in [-0.2, -0.15) is 0 Å². The lowest BCUT2D eigenvalue weighted by Crippen LogP contribution is -2.50. The van der Waals surface area contributed by atoms with E-state index in [0.717, 1.165) is 6.54 Å². The Morgan fingerprint density at radius 2 is 2.06 bits per heavy atom. The highest BCUT2D eigenvalue weighted by Gasteiger charge is 2.40. The van der Waals surface area contributed by atoms with Crippen LogP contribution in [0.15, 0.2) is 0 Å². The Balaban J connectivity index is 2.80. The minimum absolute atomic E-state index is 0.0439. The van der Waals surface area contributed by atoms with Crippen molar-refractivity contribution in [1.82, 2.24) is 9.80 Å². The van der Waals surface area contributed by atoms with Crippen molar-refractivity contribution in [2.24, 2.45) is 5.92 Å². The fraction of sp³-hybridized carbons (Fsp3) is 0.917. The van der Waals surface area contributed by atoms with Crippen molar-refractivity contribution < 1.29 is 15.0 Å². The van der Waals surface area contributed by atoms with E-state index >= 15 is 0 Å². The molecule has 1 aliphatic rings. The highest BCUT2D eigenvalue weighted by atomic mass is 16.4. The first-order valence-electron chi connectivity index (χ1n) is 6.14. The fourth-order valence-electron chi connectivity index (χ4n) is 2.67. The van der Waals surface area contributed by atoms with Crippen LogP contribution in [0.25, 0.3) is 0 Å². The molecule has 0 bridgehead atoms. The number of nitrogens with zero attached hydrogens (tertiary/aromatic N) is 2. The number of β-amino-alcohol motifs (C(OH)–C–C–N with tert-alkyl or cyclic N) is 1. The molecule has 1 saturated heterocycles. The number of carbonyl (C=O) groups is 1. The topological polar surface area (TPSA) is 64.0 Å². The molecule has 3 atom stereocenters. The van der Waals surface area contributed by atoms with Gasteiger partial charge in [0.15, 0.2) is 0 Å². The zero-order valence-electron chi connectivity index (χ0n) is 11.1. The number of carboxylic acid groups (broad SMARTS) is 1. The van der Waals surface area contributed by atoms with Crippen LogP contribution < -0.4 is 0 Å². The van der Waals surface area contributed by atoms with Gasteiger partial charge in [0.1, 0.15) is 6.04 Å². The molecule has 2 N–H and O–H groups in total. The van der Waals surface area contributed by atoms with Crippen molar-refractivity contribution >= 4 is 5.97 Å². The van der Waals surface area contributed by atoms with Gasteiger partial charge in [0, 0.05) is 19.1 Å². The number of rotatable bonds is 5. The lowest BCUT2D eigenvalue weighted by atomic mass is 10.0. The molecule has 1 rings (SSSR count). The summed E-state index contributed by atoms with van der Waals surface area (Å²) >= 11 is 0. The lowest BCUT2D eigenvalue weighted by molar-refractivity contribution is -0.145. The monoisotopic (exact) mass is 244 g/mol. The van der Waals surface area contributed by atoms with Crippen LogP contribution in [0, 0.1) is 5.92 Å². The van der Waals surface area contributed by atoms with E-state index < -0.39 is 18.1 Å². The molecule has 1 aliphatic heterocycles. The van der Waals surface area contributed by atoms with Crippen LogP contribution >= 0.6 is 0 Å². The molecular formula is C12H24N2O3. The van der Waals surface area contributed by atoms with E-state index in [1.165, 1.54) is 0 Å². The van der Waals surface area contributed by atoms with Gasteiger partial charge in [0.2, 0.25) is 0 Å². The van der Waals surface area contributed by atoms with E-state index in [1.54, 1.807) is 0 Å². The molecule has 0 saturated carbocycles. The molecule has 0 amide bonds. The molecule has 1 heterocycles. The summed E-state index contributed by atoms with van der Waals surface area (Å²) in [5.74, 6) is -0.750. The van der Waals surface area contributed by atoms with Crippen molar-refractivity contribution in [1.29, 1.82) is 0 Å². The van der Waals surface area contributed by atoms with Gasteiger partial charge in [0.05, 0.1) is 6.10 Å². The first-order valence-corrected chi connectivity index (χ1v) is 6.14. The summed E-state index contributed by atoms with van der Waals surface area (Å²) in [5, 5.41) is 19.0. The Morgan fingerprint density at radius 1 is 1.47 bits per heavy atom. The molecule has 0 aromatic carbocycles. The van der Waals surface area contributed by atoms with Crippen LogP contribution in [0.4, 0.5) is 0 Å². The van der Waals surface area contributed by atoms with E-state index in [2.05, 4.69) is 0 Å². The minimum Gasteiger partial charge on any atom is -0.480 e. The number of hydrogen-bond acceptors (Lipinski definition) is 4. The van der Waals surface area contributed by atoms with Gasteiger partial charge in [-0.15, -0.1) is 0 Å². The molecule has 0 aliphatic carbocycles. The smallest absolute Gasteiger partial charge is 0.321 e. The molecule has 0 aromatic rings. The lowest BCUT2D eigenvalue weighted by Gasteiger charge is -2.33. The van der Waals surface area contributed by atoms with E-state index in [-0.39, 0.29) is 12.0 Å². The van der Waals surface area contributed by atoms with Gasteiger partial charge >= 0.3 is 5.97 Å². The highest BCUT2D eigenvalue weighted by molar-refractivity contribution is 5.74. The van der Waals surface area contributed by atoms with Gasteiger partial charge in [-0.1, -0.05) is 13.8 Å². The third kappa shape index (κ3) is 3.66. The zero-order chi connectivity index (χ0) is 13.2. The minimum atomic E-state index is -0.794. The van der Waals surface area contributed by atoms with Gasteiger partial charge in [-0.3, -0.25) is 9.69 Å². The molecule has 0 radical (unpaired) electrons. The third-order valence-corrected chi connectivity index (χ3v) is 3.25. The molecule has 0 aromatic heterocycles. The maximum atomic E-state index is 11.3. The van der Waals surface area contributed by atoms with Crippen LogP contribution in [0.5, 0.6) is 0 Å². The number of aliphatic carboxylic acids is 1. The van der Waals surface area contributed by atoms with Gasteiger partial charge in [-0.25, -0.2) is 0 Å². The van der Waals surface area contributed by atoms with E-state index in [9.17, 15) is 15.0 Å². The SMILES string of the molecule is CC(C)C(C(=O)O)N1CC(O)CC1CN(C)C. The standard InChI is InChI=1S/C12H24N2O3/c1-8(2)11(12(16)17)14-7-10(15)5-9(14)6-13(3)4/h8-11,15H,5-7H2,1-4H3,(H,16,17). The Morgan fingerprint density at radius 3 is 2.47 bits per heavy atom. The second kappa shape index (κ2) is 5.80. The summed E-state index contributed by atoms with van der Waals surface area (Å²) < 4.78 is 0. The van der Waals surface area contributed by atoms with Crippen LogP contribution in [-0.2, 0) is 4.79 Å². The molecule has 5 heteroatoms. The zero-order valence-corrected chi connectivity index (χ0v) is 11.1. The Hall–Kier alpha value is -0.650. The average Bonchev–Trinajstić information content (AvgIpc) is 2.44. The average molecular weight is 244 g/mol. The van der Waals surface area contributed by atoms with Crippen LogP contribution in [0.3, 0.4) is 0 Å². The largest absolute Gasteiger partial charge is 0.480 e. The Bertz CT molecular complexity index is 268. The Labute approximate surface area is 103 Å². The van der Waals surface area contributed by atoms with E-state index in [0.29, 0.717) is 13.0 Å². The molecule has 100 valence electrons.